The highest BCUT2D eigenvalue weighted by atomic mass is 19.3. The van der Waals surface area contributed by atoms with Crippen LogP contribution >= 0.6 is 0 Å². The van der Waals surface area contributed by atoms with Crippen molar-refractivity contribution in [3.63, 3.8) is 0 Å². The molecule has 0 bridgehead atoms. The lowest BCUT2D eigenvalue weighted by molar-refractivity contribution is 0.0854. The van der Waals surface area contributed by atoms with E-state index >= 15 is 0 Å². The minimum Gasteiger partial charge on any atom is -0.308 e. The highest BCUT2D eigenvalue weighted by Gasteiger charge is 2.67. The van der Waals surface area contributed by atoms with Crippen LogP contribution in [0.15, 0.2) is 0 Å². The van der Waals surface area contributed by atoms with E-state index in [1.807, 2.05) is 0 Å². The molecule has 2 fully saturated rings. The second-order valence-corrected chi connectivity index (χ2v) is 3.21. The quantitative estimate of drug-likeness (QED) is 0.546. The number of alkyl halides is 2. The van der Waals surface area contributed by atoms with Crippen molar-refractivity contribution in [3.8, 4) is 0 Å². The van der Waals surface area contributed by atoms with Crippen LogP contribution in [-0.2, 0) is 0 Å². The third-order valence-electron chi connectivity index (χ3n) is 2.51. The van der Waals surface area contributed by atoms with Gasteiger partial charge >= 0.3 is 0 Å². The normalized spacial score (nSPS) is 43.8. The molecule has 0 radical (unpaired) electrons. The lowest BCUT2D eigenvalue weighted by Crippen LogP contribution is -2.22. The average Bonchev–Trinajstić information content (AvgIpc) is 2.47. The molecule has 1 nitrogen and oxygen atoms in total. The van der Waals surface area contributed by atoms with Crippen molar-refractivity contribution in [2.45, 2.75) is 31.2 Å². The van der Waals surface area contributed by atoms with Crippen molar-refractivity contribution in [2.24, 2.45) is 5.92 Å². The van der Waals surface area contributed by atoms with Gasteiger partial charge in [0.1, 0.15) is 0 Å². The Kier molecular flexibility index (Phi) is 1.24. The van der Waals surface area contributed by atoms with E-state index in [1.54, 1.807) is 0 Å². The molecule has 1 N–H and O–H groups in total. The Labute approximate surface area is 58.8 Å². The second-order valence-electron chi connectivity index (χ2n) is 3.21. The number of hydrogen-bond donors (Lipinski definition) is 1. The van der Waals surface area contributed by atoms with Crippen LogP contribution in [0.1, 0.15) is 19.3 Å². The Morgan fingerprint density at radius 1 is 1.30 bits per heavy atom. The van der Waals surface area contributed by atoms with E-state index in [4.69, 9.17) is 0 Å². The zero-order valence-electron chi connectivity index (χ0n) is 5.74. The molecule has 1 saturated carbocycles. The van der Waals surface area contributed by atoms with E-state index in [1.165, 1.54) is 0 Å². The summed E-state index contributed by atoms with van der Waals surface area (Å²) in [7, 11) is 0. The van der Waals surface area contributed by atoms with Gasteiger partial charge in [-0.05, 0) is 19.4 Å². The summed E-state index contributed by atoms with van der Waals surface area (Å²) in [4.78, 5) is 0. The first-order valence-electron chi connectivity index (χ1n) is 3.84. The monoisotopic (exact) mass is 147 g/mol. The van der Waals surface area contributed by atoms with Crippen molar-refractivity contribution in [1.29, 1.82) is 0 Å². The summed E-state index contributed by atoms with van der Waals surface area (Å²) in [6, 6.07) is -0.477. The molecule has 2 atom stereocenters. The van der Waals surface area contributed by atoms with E-state index in [0.29, 0.717) is 6.42 Å². The standard InChI is InChI=1S/C7H11F2N/c8-7(9)5-3-1-2-4-10-6(5)7/h5-6,10H,1-4H2/t5-,6-/m1/s1. The SMILES string of the molecule is FC1(F)[C@@H]2CCCCN[C@H]21. The minimum absolute atomic E-state index is 0.338. The maximum absolute atomic E-state index is 12.6. The topological polar surface area (TPSA) is 12.0 Å². The van der Waals surface area contributed by atoms with Crippen LogP contribution in [0.3, 0.4) is 0 Å². The molecule has 1 heterocycles. The molecule has 10 heavy (non-hydrogen) atoms. The van der Waals surface area contributed by atoms with Crippen molar-refractivity contribution >= 4 is 0 Å². The fourth-order valence-corrected chi connectivity index (χ4v) is 1.77. The van der Waals surface area contributed by atoms with Gasteiger partial charge < -0.3 is 5.32 Å². The van der Waals surface area contributed by atoms with Gasteiger partial charge in [-0.2, -0.15) is 0 Å². The molecule has 0 aromatic carbocycles. The predicted molar refractivity (Wildman–Crippen MR) is 34.1 cm³/mol. The molecule has 0 spiro atoms. The van der Waals surface area contributed by atoms with Crippen LogP contribution in [0.25, 0.3) is 0 Å². The summed E-state index contributed by atoms with van der Waals surface area (Å²) in [6.07, 6.45) is 2.73. The van der Waals surface area contributed by atoms with Crippen LogP contribution < -0.4 is 5.32 Å². The third-order valence-corrected chi connectivity index (χ3v) is 2.51. The number of hydrogen-bond acceptors (Lipinski definition) is 1. The van der Waals surface area contributed by atoms with Crippen LogP contribution in [0.5, 0.6) is 0 Å². The molecule has 0 aromatic rings. The van der Waals surface area contributed by atoms with E-state index in [0.717, 1.165) is 19.4 Å². The number of rotatable bonds is 0. The predicted octanol–water partition coefficient (Wildman–Crippen LogP) is 1.39. The third kappa shape index (κ3) is 0.764. The van der Waals surface area contributed by atoms with Gasteiger partial charge in [0.25, 0.3) is 5.92 Å². The molecule has 2 aliphatic rings. The van der Waals surface area contributed by atoms with Crippen LogP contribution in [0.4, 0.5) is 8.78 Å². The fraction of sp³-hybridized carbons (Fsp3) is 1.00. The van der Waals surface area contributed by atoms with E-state index in [-0.39, 0.29) is 5.92 Å². The maximum Gasteiger partial charge on any atom is 0.268 e. The van der Waals surface area contributed by atoms with Gasteiger partial charge in [-0.1, -0.05) is 6.42 Å². The van der Waals surface area contributed by atoms with Gasteiger partial charge in [0, 0.05) is 5.92 Å². The zero-order chi connectivity index (χ0) is 7.19. The Morgan fingerprint density at radius 3 is 2.90 bits per heavy atom. The molecule has 1 saturated heterocycles. The van der Waals surface area contributed by atoms with Crippen molar-refractivity contribution < 1.29 is 8.78 Å². The van der Waals surface area contributed by atoms with Crippen LogP contribution in [0.2, 0.25) is 0 Å². The summed E-state index contributed by atoms with van der Waals surface area (Å²) in [5.74, 6) is -2.71. The zero-order valence-corrected chi connectivity index (χ0v) is 5.74. The Morgan fingerprint density at radius 2 is 2.10 bits per heavy atom. The first-order chi connectivity index (χ1) is 4.73. The van der Waals surface area contributed by atoms with Crippen molar-refractivity contribution in [2.75, 3.05) is 6.54 Å². The summed E-state index contributed by atoms with van der Waals surface area (Å²) >= 11 is 0. The molecule has 3 heteroatoms. The molecule has 58 valence electrons. The van der Waals surface area contributed by atoms with Gasteiger partial charge in [0.15, 0.2) is 0 Å². The summed E-state index contributed by atoms with van der Waals surface area (Å²) in [6.45, 7) is 0.775. The molecule has 0 aromatic heterocycles. The van der Waals surface area contributed by atoms with Gasteiger partial charge in [-0.3, -0.25) is 0 Å². The molecular formula is C7H11F2N. The number of fused-ring (bicyclic) bond motifs is 1. The Bertz CT molecular complexity index is 133. The highest BCUT2D eigenvalue weighted by Crippen LogP contribution is 2.52. The maximum atomic E-state index is 12.6. The van der Waals surface area contributed by atoms with Crippen LogP contribution in [-0.4, -0.2) is 18.5 Å². The summed E-state index contributed by atoms with van der Waals surface area (Å²) in [5.41, 5.74) is 0. The lowest BCUT2D eigenvalue weighted by Gasteiger charge is -2.00. The number of nitrogens with one attached hydrogen (secondary N) is 1. The van der Waals surface area contributed by atoms with Gasteiger partial charge in [0.2, 0.25) is 0 Å². The second kappa shape index (κ2) is 1.91. The number of halogens is 2. The van der Waals surface area contributed by atoms with Crippen LogP contribution in [0, 0.1) is 5.92 Å². The van der Waals surface area contributed by atoms with Gasteiger partial charge in [-0.25, -0.2) is 8.78 Å². The van der Waals surface area contributed by atoms with Crippen molar-refractivity contribution in [1.82, 2.24) is 5.32 Å². The fourth-order valence-electron chi connectivity index (χ4n) is 1.77. The largest absolute Gasteiger partial charge is 0.308 e. The average molecular weight is 147 g/mol. The highest BCUT2D eigenvalue weighted by molar-refractivity contribution is 5.11. The van der Waals surface area contributed by atoms with Gasteiger partial charge in [-0.15, -0.1) is 0 Å². The molecule has 0 amide bonds. The summed E-state index contributed by atoms with van der Waals surface area (Å²) < 4.78 is 25.2. The smallest absolute Gasteiger partial charge is 0.268 e. The van der Waals surface area contributed by atoms with E-state index < -0.39 is 12.0 Å². The van der Waals surface area contributed by atoms with E-state index in [2.05, 4.69) is 5.32 Å². The van der Waals surface area contributed by atoms with E-state index in [9.17, 15) is 8.78 Å². The van der Waals surface area contributed by atoms with Crippen molar-refractivity contribution in [3.05, 3.63) is 0 Å². The summed E-state index contributed by atoms with van der Waals surface area (Å²) in [5, 5.41) is 2.86. The van der Waals surface area contributed by atoms with Gasteiger partial charge in [0.05, 0.1) is 6.04 Å². The molecular weight excluding hydrogens is 136 g/mol. The molecule has 1 aliphatic carbocycles. The lowest BCUT2D eigenvalue weighted by atomic mass is 10.2. The first kappa shape index (κ1) is 6.53. The minimum atomic E-state index is -2.37. The Hall–Kier alpha value is -0.180. The molecule has 2 rings (SSSR count). The molecule has 1 aliphatic heterocycles. The molecule has 0 unspecified atom stereocenters. The Balaban J connectivity index is 2.01. The first-order valence-corrected chi connectivity index (χ1v) is 3.84.